The molecule has 0 unspecified atom stereocenters. The monoisotopic (exact) mass is 351 g/mol. The van der Waals surface area contributed by atoms with Gasteiger partial charge >= 0.3 is 5.97 Å². The Morgan fingerprint density at radius 3 is 2.58 bits per heavy atom. The number of carbonyl (C=O) groups excluding carboxylic acids is 2. The van der Waals surface area contributed by atoms with Crippen molar-refractivity contribution in [1.29, 1.82) is 0 Å². The Bertz CT molecular complexity index is 737. The normalized spacial score (nSPS) is 19.1. The maximum atomic E-state index is 12.6. The van der Waals surface area contributed by atoms with Crippen molar-refractivity contribution < 1.29 is 22.7 Å². The molecule has 130 valence electrons. The summed E-state index contributed by atoms with van der Waals surface area (Å²) < 4.78 is 32.4. The van der Waals surface area contributed by atoms with Crippen molar-refractivity contribution in [3.63, 3.8) is 0 Å². The Morgan fingerprint density at radius 1 is 1.33 bits per heavy atom. The van der Waals surface area contributed by atoms with Gasteiger partial charge in [-0.1, -0.05) is 23.8 Å². The highest BCUT2D eigenvalue weighted by Crippen LogP contribution is 2.22. The van der Waals surface area contributed by atoms with Crippen molar-refractivity contribution >= 4 is 21.8 Å². The zero-order valence-corrected chi connectivity index (χ0v) is 14.5. The number of ketones is 1. The molecule has 6 nitrogen and oxygen atoms in total. The topological polar surface area (TPSA) is 89.5 Å². The summed E-state index contributed by atoms with van der Waals surface area (Å²) in [6, 6.07) is 5.03. The van der Waals surface area contributed by atoms with Crippen molar-refractivity contribution in [2.24, 2.45) is 5.92 Å². The highest BCUT2D eigenvalue weighted by Gasteiger charge is 2.37. The molecule has 0 bridgehead atoms. The van der Waals surface area contributed by atoms with E-state index in [1.54, 1.807) is 25.1 Å². The molecule has 0 saturated carbocycles. The van der Waals surface area contributed by atoms with Crippen LogP contribution in [0.25, 0.3) is 0 Å². The standard InChI is InChI=1S/C17H21NO5S/c1-3-23-17(20)16(14-6-4-5-7-15(14)19)18-24(21,22)13-10-8-12(2)9-11-13/h5,7-11,14,16,18H,3-4,6H2,1-2H3/t14-,16-/m0/s1. The minimum Gasteiger partial charge on any atom is -0.465 e. The van der Waals surface area contributed by atoms with Gasteiger partial charge in [-0.15, -0.1) is 0 Å². The van der Waals surface area contributed by atoms with Crippen molar-refractivity contribution in [2.45, 2.75) is 37.6 Å². The van der Waals surface area contributed by atoms with Gasteiger partial charge in [0.25, 0.3) is 0 Å². The Morgan fingerprint density at radius 2 is 2.00 bits per heavy atom. The number of sulfonamides is 1. The Kier molecular flexibility index (Phi) is 5.90. The summed E-state index contributed by atoms with van der Waals surface area (Å²) in [6.07, 6.45) is 4.11. The second-order valence-electron chi connectivity index (χ2n) is 5.65. The molecule has 0 fully saturated rings. The third-order valence-electron chi connectivity index (χ3n) is 3.85. The second kappa shape index (κ2) is 7.72. The van der Waals surface area contributed by atoms with Crippen LogP contribution in [0.2, 0.25) is 0 Å². The minimum atomic E-state index is -3.94. The molecule has 0 radical (unpaired) electrons. The summed E-state index contributed by atoms with van der Waals surface area (Å²) in [5.74, 6) is -1.76. The van der Waals surface area contributed by atoms with Crippen LogP contribution < -0.4 is 4.72 Å². The van der Waals surface area contributed by atoms with E-state index in [9.17, 15) is 18.0 Å². The molecule has 7 heteroatoms. The first-order valence-corrected chi connectivity index (χ1v) is 9.29. The van der Waals surface area contributed by atoms with Crippen LogP contribution in [0, 0.1) is 12.8 Å². The second-order valence-corrected chi connectivity index (χ2v) is 7.37. The van der Waals surface area contributed by atoms with Gasteiger partial charge < -0.3 is 4.74 Å². The van der Waals surface area contributed by atoms with Crippen LogP contribution >= 0.6 is 0 Å². The summed E-state index contributed by atoms with van der Waals surface area (Å²) in [4.78, 5) is 24.4. The lowest BCUT2D eigenvalue weighted by atomic mass is 9.87. The van der Waals surface area contributed by atoms with E-state index in [1.165, 1.54) is 18.2 Å². The van der Waals surface area contributed by atoms with E-state index in [0.717, 1.165) is 5.56 Å². The van der Waals surface area contributed by atoms with Crippen LogP contribution in [0.3, 0.4) is 0 Å². The van der Waals surface area contributed by atoms with Gasteiger partial charge in [0.1, 0.15) is 6.04 Å². The van der Waals surface area contributed by atoms with Crippen LogP contribution in [0.1, 0.15) is 25.3 Å². The molecule has 2 rings (SSSR count). The lowest BCUT2D eigenvalue weighted by molar-refractivity contribution is -0.148. The summed E-state index contributed by atoms with van der Waals surface area (Å²) >= 11 is 0. The predicted octanol–water partition coefficient (Wildman–Crippen LogP) is 1.74. The van der Waals surface area contributed by atoms with Gasteiger partial charge in [-0.3, -0.25) is 9.59 Å². The van der Waals surface area contributed by atoms with Crippen molar-refractivity contribution in [2.75, 3.05) is 6.61 Å². The third-order valence-corrected chi connectivity index (χ3v) is 5.31. The molecular weight excluding hydrogens is 330 g/mol. The number of aryl methyl sites for hydroxylation is 1. The zero-order chi connectivity index (χ0) is 17.7. The highest BCUT2D eigenvalue weighted by atomic mass is 32.2. The molecule has 0 aliphatic heterocycles. The van der Waals surface area contributed by atoms with Gasteiger partial charge in [0.05, 0.1) is 11.5 Å². The fourth-order valence-corrected chi connectivity index (χ4v) is 3.78. The summed E-state index contributed by atoms with van der Waals surface area (Å²) in [5, 5.41) is 0. The molecule has 1 aromatic rings. The summed E-state index contributed by atoms with van der Waals surface area (Å²) in [6.45, 7) is 3.59. The Labute approximate surface area is 141 Å². The number of hydrogen-bond acceptors (Lipinski definition) is 5. The van der Waals surface area contributed by atoms with E-state index < -0.39 is 28.0 Å². The van der Waals surface area contributed by atoms with E-state index in [1.807, 2.05) is 6.92 Å². The number of ether oxygens (including phenoxy) is 1. The molecule has 1 aromatic carbocycles. The lowest BCUT2D eigenvalue weighted by Crippen LogP contribution is -2.49. The maximum Gasteiger partial charge on any atom is 0.324 e. The summed E-state index contributed by atoms with van der Waals surface area (Å²) in [5.41, 5.74) is 0.920. The molecule has 1 aliphatic carbocycles. The van der Waals surface area contributed by atoms with Gasteiger partial charge in [0.2, 0.25) is 10.0 Å². The maximum absolute atomic E-state index is 12.6. The largest absolute Gasteiger partial charge is 0.465 e. The third kappa shape index (κ3) is 4.30. The van der Waals surface area contributed by atoms with Crippen LogP contribution in [-0.2, 0) is 24.3 Å². The Balaban J connectivity index is 2.30. The van der Waals surface area contributed by atoms with Crippen LogP contribution in [0.15, 0.2) is 41.3 Å². The number of carbonyl (C=O) groups is 2. The van der Waals surface area contributed by atoms with Crippen molar-refractivity contribution in [3.05, 3.63) is 42.0 Å². The number of esters is 1. The molecule has 1 aliphatic rings. The first-order valence-electron chi connectivity index (χ1n) is 7.81. The number of allylic oxidation sites excluding steroid dienone is 2. The quantitative estimate of drug-likeness (QED) is 0.789. The van der Waals surface area contributed by atoms with Crippen LogP contribution in [0.5, 0.6) is 0 Å². The van der Waals surface area contributed by atoms with Crippen molar-refractivity contribution in [1.82, 2.24) is 4.72 Å². The molecule has 0 amide bonds. The molecule has 1 N–H and O–H groups in total. The molecule has 0 heterocycles. The van der Waals surface area contributed by atoms with E-state index in [2.05, 4.69) is 4.72 Å². The smallest absolute Gasteiger partial charge is 0.324 e. The van der Waals surface area contributed by atoms with Gasteiger partial charge in [0.15, 0.2) is 5.78 Å². The zero-order valence-electron chi connectivity index (χ0n) is 13.7. The van der Waals surface area contributed by atoms with Crippen molar-refractivity contribution in [3.8, 4) is 0 Å². The Hall–Kier alpha value is -1.99. The van der Waals surface area contributed by atoms with E-state index >= 15 is 0 Å². The fraction of sp³-hybridized carbons (Fsp3) is 0.412. The van der Waals surface area contributed by atoms with Gasteiger partial charge in [-0.2, -0.15) is 4.72 Å². The lowest BCUT2D eigenvalue weighted by Gasteiger charge is -2.26. The van der Waals surface area contributed by atoms with Gasteiger partial charge in [0, 0.05) is 5.92 Å². The number of nitrogens with one attached hydrogen (secondary N) is 1. The number of hydrogen-bond donors (Lipinski definition) is 1. The molecular formula is C17H21NO5S. The van der Waals surface area contributed by atoms with E-state index in [0.29, 0.717) is 12.8 Å². The average Bonchev–Trinajstić information content (AvgIpc) is 2.54. The fourth-order valence-electron chi connectivity index (χ4n) is 2.55. The molecule has 0 saturated heterocycles. The van der Waals surface area contributed by atoms with Crippen LogP contribution in [-0.4, -0.2) is 32.8 Å². The van der Waals surface area contributed by atoms with E-state index in [4.69, 9.17) is 4.74 Å². The predicted molar refractivity (Wildman–Crippen MR) is 88.8 cm³/mol. The molecule has 2 atom stereocenters. The van der Waals surface area contributed by atoms with Gasteiger partial charge in [-0.05, 0) is 44.9 Å². The first kappa shape index (κ1) is 18.4. The summed E-state index contributed by atoms with van der Waals surface area (Å²) in [7, 11) is -3.94. The first-order chi connectivity index (χ1) is 11.3. The molecule has 24 heavy (non-hydrogen) atoms. The highest BCUT2D eigenvalue weighted by molar-refractivity contribution is 7.89. The number of benzene rings is 1. The van der Waals surface area contributed by atoms with Gasteiger partial charge in [-0.25, -0.2) is 8.42 Å². The average molecular weight is 351 g/mol. The number of rotatable bonds is 6. The molecule has 0 aromatic heterocycles. The van der Waals surface area contributed by atoms with E-state index in [-0.39, 0.29) is 17.3 Å². The SMILES string of the molecule is CCOC(=O)[C@@H](NS(=O)(=O)c1ccc(C)cc1)[C@H]1CCC=CC1=O. The molecule has 0 spiro atoms. The van der Waals surface area contributed by atoms with Crippen LogP contribution in [0.4, 0.5) is 0 Å². The minimum absolute atomic E-state index is 0.0428.